The maximum atomic E-state index is 11.5. The van der Waals surface area contributed by atoms with Gasteiger partial charge in [-0.15, -0.1) is 0 Å². The second kappa shape index (κ2) is 7.50. The van der Waals surface area contributed by atoms with Crippen LogP contribution in [-0.2, 0) is 4.74 Å². The van der Waals surface area contributed by atoms with Gasteiger partial charge in [-0.3, -0.25) is 0 Å². The molecule has 0 radical (unpaired) electrons. The first-order chi connectivity index (χ1) is 8.21. The molecular formula is C12H24N2O3. The zero-order valence-corrected chi connectivity index (χ0v) is 10.8. The van der Waals surface area contributed by atoms with Crippen LogP contribution in [0.25, 0.3) is 0 Å². The predicted octanol–water partition coefficient (Wildman–Crippen LogP) is 0.825. The Morgan fingerprint density at radius 2 is 2.29 bits per heavy atom. The maximum Gasteiger partial charge on any atom is 0.409 e. The zero-order chi connectivity index (χ0) is 12.7. The Morgan fingerprint density at radius 3 is 2.88 bits per heavy atom. The molecule has 5 heteroatoms. The molecule has 2 N–H and O–H groups in total. The van der Waals surface area contributed by atoms with Gasteiger partial charge in [0, 0.05) is 25.7 Å². The van der Waals surface area contributed by atoms with Crippen LogP contribution in [0.4, 0.5) is 4.79 Å². The number of rotatable bonds is 5. The summed E-state index contributed by atoms with van der Waals surface area (Å²) >= 11 is 0. The van der Waals surface area contributed by atoms with Crippen LogP contribution < -0.4 is 5.32 Å². The molecule has 17 heavy (non-hydrogen) atoms. The summed E-state index contributed by atoms with van der Waals surface area (Å²) in [5.74, 6) is 0.363. The Hall–Kier alpha value is -0.810. The lowest BCUT2D eigenvalue weighted by Gasteiger charge is -2.37. The van der Waals surface area contributed by atoms with Crippen LogP contribution in [0.15, 0.2) is 0 Å². The number of likely N-dealkylation sites (tertiary alicyclic amines) is 1. The summed E-state index contributed by atoms with van der Waals surface area (Å²) in [7, 11) is 1.41. The van der Waals surface area contributed by atoms with Gasteiger partial charge >= 0.3 is 6.09 Å². The van der Waals surface area contributed by atoms with Crippen LogP contribution in [0.3, 0.4) is 0 Å². The van der Waals surface area contributed by atoms with Crippen LogP contribution in [-0.4, -0.2) is 55.5 Å². The highest BCUT2D eigenvalue weighted by molar-refractivity contribution is 5.67. The van der Waals surface area contributed by atoms with Crippen molar-refractivity contribution in [2.24, 2.45) is 5.92 Å². The van der Waals surface area contributed by atoms with Gasteiger partial charge in [-0.25, -0.2) is 4.79 Å². The van der Waals surface area contributed by atoms with Gasteiger partial charge in [-0.2, -0.15) is 0 Å². The second-order valence-corrected chi connectivity index (χ2v) is 4.64. The fourth-order valence-corrected chi connectivity index (χ4v) is 2.37. The molecule has 0 saturated carbocycles. The Labute approximate surface area is 103 Å². The molecule has 1 fully saturated rings. The number of hydrogen-bond acceptors (Lipinski definition) is 4. The monoisotopic (exact) mass is 244 g/mol. The Balaban J connectivity index is 2.52. The molecule has 1 amide bonds. The van der Waals surface area contributed by atoms with Gasteiger partial charge in [0.15, 0.2) is 0 Å². The van der Waals surface area contributed by atoms with Crippen molar-refractivity contribution in [2.45, 2.75) is 32.2 Å². The number of amides is 1. The van der Waals surface area contributed by atoms with E-state index in [9.17, 15) is 4.79 Å². The third kappa shape index (κ3) is 4.52. The lowest BCUT2D eigenvalue weighted by atomic mass is 9.92. The van der Waals surface area contributed by atoms with Crippen molar-refractivity contribution in [1.29, 1.82) is 0 Å². The molecule has 1 aliphatic rings. The van der Waals surface area contributed by atoms with E-state index >= 15 is 0 Å². The first kappa shape index (κ1) is 14.3. The van der Waals surface area contributed by atoms with Crippen LogP contribution >= 0.6 is 0 Å². The van der Waals surface area contributed by atoms with E-state index in [1.807, 2.05) is 0 Å². The van der Waals surface area contributed by atoms with Gasteiger partial charge in [0.2, 0.25) is 0 Å². The normalized spacial score (nSPS) is 24.8. The molecule has 0 aliphatic carbocycles. The summed E-state index contributed by atoms with van der Waals surface area (Å²) in [5.41, 5.74) is 0. The number of aliphatic hydroxyl groups excluding tert-OH is 1. The standard InChI is InChI=1S/C12H24N2O3/c1-3-5-13-11-7-10(4-6-15)8-14(9-11)12(16)17-2/h10-11,13,15H,3-9H2,1-2H3. The topological polar surface area (TPSA) is 61.8 Å². The van der Waals surface area contributed by atoms with Gasteiger partial charge in [-0.1, -0.05) is 6.92 Å². The summed E-state index contributed by atoms with van der Waals surface area (Å²) in [6.45, 7) is 4.66. The summed E-state index contributed by atoms with van der Waals surface area (Å²) in [6.07, 6.45) is 2.58. The van der Waals surface area contributed by atoms with Crippen LogP contribution in [0.2, 0.25) is 0 Å². The van der Waals surface area contributed by atoms with Gasteiger partial charge in [0.25, 0.3) is 0 Å². The van der Waals surface area contributed by atoms with Crippen molar-refractivity contribution in [1.82, 2.24) is 10.2 Å². The molecule has 5 nitrogen and oxygen atoms in total. The predicted molar refractivity (Wildman–Crippen MR) is 65.9 cm³/mol. The number of hydrogen-bond donors (Lipinski definition) is 2. The quantitative estimate of drug-likeness (QED) is 0.752. The molecule has 1 saturated heterocycles. The van der Waals surface area contributed by atoms with E-state index in [1.165, 1.54) is 7.11 Å². The molecule has 1 rings (SSSR count). The molecule has 0 aromatic heterocycles. The van der Waals surface area contributed by atoms with Gasteiger partial charge in [0.05, 0.1) is 7.11 Å². The number of nitrogens with zero attached hydrogens (tertiary/aromatic N) is 1. The van der Waals surface area contributed by atoms with E-state index in [-0.39, 0.29) is 12.7 Å². The summed E-state index contributed by atoms with van der Waals surface area (Å²) in [4.78, 5) is 13.3. The Morgan fingerprint density at radius 1 is 1.53 bits per heavy atom. The highest BCUT2D eigenvalue weighted by Crippen LogP contribution is 2.20. The minimum absolute atomic E-state index is 0.181. The molecule has 1 heterocycles. The van der Waals surface area contributed by atoms with Gasteiger partial charge in [0.1, 0.15) is 0 Å². The largest absolute Gasteiger partial charge is 0.453 e. The number of aliphatic hydroxyl groups is 1. The van der Waals surface area contributed by atoms with Crippen molar-refractivity contribution in [3.8, 4) is 0 Å². The molecule has 0 aromatic carbocycles. The maximum absolute atomic E-state index is 11.5. The molecule has 0 spiro atoms. The highest BCUT2D eigenvalue weighted by atomic mass is 16.5. The summed E-state index contributed by atoms with van der Waals surface area (Å²) in [6, 6.07) is 0.319. The number of ether oxygens (including phenoxy) is 1. The van der Waals surface area contributed by atoms with Crippen LogP contribution in [0.1, 0.15) is 26.2 Å². The fourth-order valence-electron chi connectivity index (χ4n) is 2.37. The van der Waals surface area contributed by atoms with Crippen LogP contribution in [0, 0.1) is 5.92 Å². The van der Waals surface area contributed by atoms with Crippen molar-refractivity contribution in [2.75, 3.05) is 33.4 Å². The lowest BCUT2D eigenvalue weighted by molar-refractivity contribution is 0.0844. The van der Waals surface area contributed by atoms with Gasteiger partial charge < -0.3 is 20.1 Å². The third-order valence-electron chi connectivity index (χ3n) is 3.19. The SMILES string of the molecule is CCCNC1CC(CCO)CN(C(=O)OC)C1. The molecule has 0 bridgehead atoms. The number of piperidine rings is 1. The van der Waals surface area contributed by atoms with E-state index in [0.29, 0.717) is 25.0 Å². The molecule has 100 valence electrons. The molecule has 2 atom stereocenters. The van der Waals surface area contributed by atoms with Gasteiger partial charge in [-0.05, 0) is 31.7 Å². The van der Waals surface area contributed by atoms with E-state index in [1.54, 1.807) is 4.90 Å². The number of carbonyl (C=O) groups excluding carboxylic acids is 1. The lowest BCUT2D eigenvalue weighted by Crippen LogP contribution is -2.51. The highest BCUT2D eigenvalue weighted by Gasteiger charge is 2.29. The average molecular weight is 244 g/mol. The first-order valence-electron chi connectivity index (χ1n) is 6.38. The van der Waals surface area contributed by atoms with Crippen molar-refractivity contribution in [3.05, 3.63) is 0 Å². The van der Waals surface area contributed by atoms with E-state index < -0.39 is 0 Å². The van der Waals surface area contributed by atoms with Crippen molar-refractivity contribution in [3.63, 3.8) is 0 Å². The summed E-state index contributed by atoms with van der Waals surface area (Å²) < 4.78 is 4.77. The average Bonchev–Trinajstić information content (AvgIpc) is 2.35. The summed E-state index contributed by atoms with van der Waals surface area (Å²) in [5, 5.41) is 12.4. The molecule has 0 aromatic rings. The van der Waals surface area contributed by atoms with Crippen molar-refractivity contribution < 1.29 is 14.6 Å². The Bertz CT molecular complexity index is 236. The molecule has 1 aliphatic heterocycles. The van der Waals surface area contributed by atoms with E-state index in [4.69, 9.17) is 9.84 Å². The van der Waals surface area contributed by atoms with E-state index in [2.05, 4.69) is 12.2 Å². The number of methoxy groups -OCH3 is 1. The van der Waals surface area contributed by atoms with E-state index in [0.717, 1.165) is 25.8 Å². The second-order valence-electron chi connectivity index (χ2n) is 4.64. The molecular weight excluding hydrogens is 220 g/mol. The number of nitrogens with one attached hydrogen (secondary N) is 1. The minimum atomic E-state index is -0.268. The smallest absolute Gasteiger partial charge is 0.409 e. The third-order valence-corrected chi connectivity index (χ3v) is 3.19. The Kier molecular flexibility index (Phi) is 6.29. The zero-order valence-electron chi connectivity index (χ0n) is 10.8. The molecule has 2 unspecified atom stereocenters. The minimum Gasteiger partial charge on any atom is -0.453 e. The first-order valence-corrected chi connectivity index (χ1v) is 6.38. The van der Waals surface area contributed by atoms with Crippen LogP contribution in [0.5, 0.6) is 0 Å². The fraction of sp³-hybridized carbons (Fsp3) is 0.917. The number of carbonyl (C=O) groups is 1. The van der Waals surface area contributed by atoms with Crippen molar-refractivity contribution >= 4 is 6.09 Å².